The smallest absolute Gasteiger partial charge is 0.475 e. The van der Waals surface area contributed by atoms with E-state index < -0.39 is 12.1 Å². The number of carboxylic acid groups (broad SMARTS) is 1. The third kappa shape index (κ3) is 6.77. The van der Waals surface area contributed by atoms with Gasteiger partial charge in [0.1, 0.15) is 0 Å². The van der Waals surface area contributed by atoms with Crippen molar-refractivity contribution in [3.05, 3.63) is 0 Å². The highest BCUT2D eigenvalue weighted by atomic mass is 19.4. The molecule has 0 aromatic rings. The molecular formula is C9H15F3N2O3. The van der Waals surface area contributed by atoms with Crippen LogP contribution < -0.4 is 5.73 Å². The first-order valence-corrected chi connectivity index (χ1v) is 4.95. The molecule has 1 heterocycles. The second-order valence-corrected chi connectivity index (χ2v) is 3.65. The van der Waals surface area contributed by atoms with Gasteiger partial charge in [-0.25, -0.2) is 4.79 Å². The summed E-state index contributed by atoms with van der Waals surface area (Å²) in [4.78, 5) is 21.5. The molecular weight excluding hydrogens is 241 g/mol. The van der Waals surface area contributed by atoms with E-state index in [2.05, 4.69) is 0 Å². The zero-order valence-electron chi connectivity index (χ0n) is 9.33. The van der Waals surface area contributed by atoms with Crippen LogP contribution in [0.25, 0.3) is 0 Å². The highest BCUT2D eigenvalue weighted by molar-refractivity contribution is 5.73. The summed E-state index contributed by atoms with van der Waals surface area (Å²) < 4.78 is 31.7. The van der Waals surface area contributed by atoms with Crippen LogP contribution in [0.1, 0.15) is 19.8 Å². The van der Waals surface area contributed by atoms with Crippen molar-refractivity contribution in [3.63, 3.8) is 0 Å². The SMILES string of the molecule is CC(=O)N1CCC(N)CC1.O=C(O)C(F)(F)F. The number of piperidine rings is 1. The predicted octanol–water partition coefficient (Wildman–Crippen LogP) is 0.589. The van der Waals surface area contributed by atoms with E-state index >= 15 is 0 Å². The molecule has 3 N–H and O–H groups in total. The monoisotopic (exact) mass is 256 g/mol. The van der Waals surface area contributed by atoms with Gasteiger partial charge in [0.2, 0.25) is 5.91 Å². The van der Waals surface area contributed by atoms with E-state index in [1.165, 1.54) is 0 Å². The van der Waals surface area contributed by atoms with Crippen molar-refractivity contribution in [3.8, 4) is 0 Å². The Hall–Kier alpha value is -1.31. The highest BCUT2D eigenvalue weighted by Gasteiger charge is 2.38. The molecule has 1 fully saturated rings. The van der Waals surface area contributed by atoms with Gasteiger partial charge in [0.05, 0.1) is 0 Å². The van der Waals surface area contributed by atoms with Gasteiger partial charge in [0.25, 0.3) is 0 Å². The molecule has 0 unspecified atom stereocenters. The maximum absolute atomic E-state index is 10.8. The van der Waals surface area contributed by atoms with Gasteiger partial charge < -0.3 is 15.7 Å². The third-order valence-corrected chi connectivity index (χ3v) is 2.23. The predicted molar refractivity (Wildman–Crippen MR) is 53.2 cm³/mol. The number of alkyl halides is 3. The van der Waals surface area contributed by atoms with Crippen molar-refractivity contribution in [1.29, 1.82) is 0 Å². The number of likely N-dealkylation sites (tertiary alicyclic amines) is 1. The minimum Gasteiger partial charge on any atom is -0.475 e. The number of hydrogen-bond acceptors (Lipinski definition) is 3. The van der Waals surface area contributed by atoms with E-state index in [4.69, 9.17) is 15.6 Å². The average Bonchev–Trinajstić information content (AvgIpc) is 2.17. The first-order chi connectivity index (χ1) is 7.64. The van der Waals surface area contributed by atoms with Crippen LogP contribution in [-0.4, -0.2) is 47.2 Å². The Kier molecular flexibility index (Phi) is 5.94. The van der Waals surface area contributed by atoms with Crippen molar-refractivity contribution in [1.82, 2.24) is 4.90 Å². The minimum absolute atomic E-state index is 0.173. The summed E-state index contributed by atoms with van der Waals surface area (Å²) in [6, 6.07) is 0.315. The van der Waals surface area contributed by atoms with Crippen LogP contribution >= 0.6 is 0 Å². The normalized spacial score (nSPS) is 17.1. The first kappa shape index (κ1) is 15.7. The van der Waals surface area contributed by atoms with E-state index in [1.54, 1.807) is 6.92 Å². The quantitative estimate of drug-likeness (QED) is 0.664. The molecule has 100 valence electrons. The van der Waals surface area contributed by atoms with Crippen molar-refractivity contribution in [2.24, 2.45) is 5.73 Å². The van der Waals surface area contributed by atoms with Crippen LogP contribution in [0.5, 0.6) is 0 Å². The van der Waals surface area contributed by atoms with Crippen molar-refractivity contribution in [2.75, 3.05) is 13.1 Å². The summed E-state index contributed by atoms with van der Waals surface area (Å²) in [5, 5.41) is 7.12. The molecule has 17 heavy (non-hydrogen) atoms. The number of nitrogens with two attached hydrogens (primary N) is 1. The van der Waals surface area contributed by atoms with Crippen molar-refractivity contribution in [2.45, 2.75) is 32.0 Å². The molecule has 0 aliphatic carbocycles. The fourth-order valence-corrected chi connectivity index (χ4v) is 1.21. The summed E-state index contributed by atoms with van der Waals surface area (Å²) in [5.74, 6) is -2.58. The molecule has 0 radical (unpaired) electrons. The minimum atomic E-state index is -5.08. The van der Waals surface area contributed by atoms with Crippen LogP contribution in [-0.2, 0) is 9.59 Å². The van der Waals surface area contributed by atoms with E-state index in [0.29, 0.717) is 6.04 Å². The molecule has 5 nitrogen and oxygen atoms in total. The van der Waals surface area contributed by atoms with Gasteiger partial charge >= 0.3 is 12.1 Å². The molecule has 8 heteroatoms. The zero-order chi connectivity index (χ0) is 13.6. The second-order valence-electron chi connectivity index (χ2n) is 3.65. The molecule has 0 atom stereocenters. The summed E-state index contributed by atoms with van der Waals surface area (Å²) in [6.45, 7) is 3.30. The van der Waals surface area contributed by atoms with Gasteiger partial charge in [-0.3, -0.25) is 4.79 Å². The van der Waals surface area contributed by atoms with Gasteiger partial charge in [0, 0.05) is 26.1 Å². The lowest BCUT2D eigenvalue weighted by Gasteiger charge is -2.28. The molecule has 1 saturated heterocycles. The fraction of sp³-hybridized carbons (Fsp3) is 0.778. The number of carbonyl (C=O) groups is 2. The maximum atomic E-state index is 10.8. The van der Waals surface area contributed by atoms with Gasteiger partial charge in [-0.05, 0) is 12.8 Å². The van der Waals surface area contributed by atoms with E-state index in [-0.39, 0.29) is 5.91 Å². The summed E-state index contributed by atoms with van der Waals surface area (Å²) >= 11 is 0. The lowest BCUT2D eigenvalue weighted by atomic mass is 10.1. The summed E-state index contributed by atoms with van der Waals surface area (Å²) in [5.41, 5.74) is 5.66. The lowest BCUT2D eigenvalue weighted by Crippen LogP contribution is -2.41. The van der Waals surface area contributed by atoms with Crippen molar-refractivity contribution >= 4 is 11.9 Å². The fourth-order valence-electron chi connectivity index (χ4n) is 1.21. The molecule has 0 bridgehead atoms. The van der Waals surface area contributed by atoms with Gasteiger partial charge in [0.15, 0.2) is 0 Å². The number of carboxylic acids is 1. The zero-order valence-corrected chi connectivity index (χ0v) is 9.33. The number of aliphatic carboxylic acids is 1. The van der Waals surface area contributed by atoms with Crippen LogP contribution in [0.3, 0.4) is 0 Å². The first-order valence-electron chi connectivity index (χ1n) is 4.95. The van der Waals surface area contributed by atoms with Crippen LogP contribution in [0.4, 0.5) is 13.2 Å². The van der Waals surface area contributed by atoms with E-state index in [0.717, 1.165) is 25.9 Å². The highest BCUT2D eigenvalue weighted by Crippen LogP contribution is 2.13. The van der Waals surface area contributed by atoms with Gasteiger partial charge in [-0.2, -0.15) is 13.2 Å². The maximum Gasteiger partial charge on any atom is 0.490 e. The summed E-state index contributed by atoms with van der Waals surface area (Å²) in [7, 11) is 0. The lowest BCUT2D eigenvalue weighted by molar-refractivity contribution is -0.192. The summed E-state index contributed by atoms with van der Waals surface area (Å²) in [6.07, 6.45) is -3.17. The Labute approximate surface area is 96.4 Å². The second kappa shape index (κ2) is 6.43. The molecule has 1 aliphatic rings. The van der Waals surface area contributed by atoms with Gasteiger partial charge in [-0.1, -0.05) is 0 Å². The Bertz CT molecular complexity index is 273. The Morgan fingerprint density at radius 1 is 1.29 bits per heavy atom. The molecule has 1 rings (SSSR count). The molecule has 0 spiro atoms. The van der Waals surface area contributed by atoms with Crippen LogP contribution in [0.2, 0.25) is 0 Å². The van der Waals surface area contributed by atoms with Crippen LogP contribution in [0.15, 0.2) is 0 Å². The number of halogens is 3. The van der Waals surface area contributed by atoms with E-state index in [9.17, 15) is 18.0 Å². The molecule has 0 aromatic heterocycles. The number of amides is 1. The Balaban J connectivity index is 0.000000325. The molecule has 1 aliphatic heterocycles. The number of carbonyl (C=O) groups excluding carboxylic acids is 1. The van der Waals surface area contributed by atoms with Gasteiger partial charge in [-0.15, -0.1) is 0 Å². The average molecular weight is 256 g/mol. The number of hydrogen-bond donors (Lipinski definition) is 2. The number of rotatable bonds is 0. The van der Waals surface area contributed by atoms with E-state index in [1.807, 2.05) is 4.90 Å². The van der Waals surface area contributed by atoms with Crippen LogP contribution in [0, 0.1) is 0 Å². The number of nitrogens with zero attached hydrogens (tertiary/aromatic N) is 1. The largest absolute Gasteiger partial charge is 0.490 e. The molecule has 1 amide bonds. The molecule has 0 saturated carbocycles. The Morgan fingerprint density at radius 2 is 1.65 bits per heavy atom. The third-order valence-electron chi connectivity index (χ3n) is 2.23. The Morgan fingerprint density at radius 3 is 1.88 bits per heavy atom. The van der Waals surface area contributed by atoms with Crippen molar-refractivity contribution < 1.29 is 27.9 Å². The molecule has 0 aromatic carbocycles. The topological polar surface area (TPSA) is 83.6 Å². The standard InChI is InChI=1S/C7H14N2O.C2HF3O2/c1-6(10)9-4-2-7(8)3-5-9;3-2(4,5)1(6)7/h7H,2-5,8H2,1H3;(H,6,7).